The lowest BCUT2D eigenvalue weighted by Crippen LogP contribution is -2.23. The van der Waals surface area contributed by atoms with Crippen LogP contribution in [0.2, 0.25) is 0 Å². The highest BCUT2D eigenvalue weighted by Crippen LogP contribution is 2.29. The first-order chi connectivity index (χ1) is 9.65. The third-order valence-electron chi connectivity index (χ3n) is 3.11. The summed E-state index contributed by atoms with van der Waals surface area (Å²) in [5, 5.41) is 0.771. The average Bonchev–Trinajstić information content (AvgIpc) is 2.73. The average molecular weight is 276 g/mol. The maximum absolute atomic E-state index is 11.3. The molecule has 0 spiro atoms. The van der Waals surface area contributed by atoms with E-state index in [2.05, 4.69) is 0 Å². The highest BCUT2D eigenvalue weighted by molar-refractivity contribution is 5.90. The molecule has 20 heavy (non-hydrogen) atoms. The lowest BCUT2D eigenvalue weighted by atomic mass is 10.1. The number of aromatic nitrogens is 1. The Morgan fingerprint density at radius 3 is 2.80 bits per heavy atom. The molecule has 1 aromatic carbocycles. The number of hydrogen-bond acceptors (Lipinski definition) is 6. The largest absolute Gasteiger partial charge is 0.497 e. The van der Waals surface area contributed by atoms with E-state index in [1.807, 2.05) is 0 Å². The normalized spacial score (nSPS) is 11.3. The molecule has 2 heterocycles. The number of rotatable bonds is 3. The second-order valence-corrected chi connectivity index (χ2v) is 4.27. The van der Waals surface area contributed by atoms with Gasteiger partial charge in [0.05, 0.1) is 12.6 Å². The minimum Gasteiger partial charge on any atom is -0.497 e. The van der Waals surface area contributed by atoms with Crippen molar-refractivity contribution in [2.45, 2.75) is 6.42 Å². The molecule has 0 unspecified atom stereocenters. The van der Waals surface area contributed by atoms with Crippen LogP contribution >= 0.6 is 0 Å². The highest BCUT2D eigenvalue weighted by Gasteiger charge is 2.17. The topological polar surface area (TPSA) is 100 Å². The Labute approximate surface area is 112 Å². The van der Waals surface area contributed by atoms with Crippen molar-refractivity contribution in [3.05, 3.63) is 44.6 Å². The van der Waals surface area contributed by atoms with Gasteiger partial charge in [-0.15, -0.1) is 4.57 Å². The van der Waals surface area contributed by atoms with Gasteiger partial charge in [-0.05, 0) is 31.2 Å². The lowest BCUT2D eigenvalue weighted by Gasteiger charge is -2.00. The molecule has 3 rings (SSSR count). The molecular formula is C13H12N2O5. The molecule has 2 N–H and O–H groups in total. The third-order valence-corrected chi connectivity index (χ3v) is 3.11. The van der Waals surface area contributed by atoms with Crippen molar-refractivity contribution in [1.29, 1.82) is 0 Å². The quantitative estimate of drug-likeness (QED) is 0.699. The third kappa shape index (κ3) is 1.71. The molecular weight excluding hydrogens is 264 g/mol. The van der Waals surface area contributed by atoms with Crippen LogP contribution in [0.15, 0.2) is 36.7 Å². The molecule has 0 aliphatic heterocycles. The zero-order chi connectivity index (χ0) is 14.3. The van der Waals surface area contributed by atoms with E-state index in [4.69, 9.17) is 19.4 Å². The first-order valence-corrected chi connectivity index (χ1v) is 6.01. The SMILES string of the molecule is COc1ccc2c(c1)c(CCN)c1oc(=O)c(=O)on12. The van der Waals surface area contributed by atoms with Crippen molar-refractivity contribution in [2.24, 2.45) is 5.73 Å². The molecule has 0 bridgehead atoms. The van der Waals surface area contributed by atoms with Crippen LogP contribution in [0.1, 0.15) is 5.56 Å². The van der Waals surface area contributed by atoms with Gasteiger partial charge in [0.2, 0.25) is 5.71 Å². The minimum atomic E-state index is -1.05. The van der Waals surface area contributed by atoms with Crippen molar-refractivity contribution in [1.82, 2.24) is 4.57 Å². The van der Waals surface area contributed by atoms with Crippen LogP contribution in [0, 0.1) is 0 Å². The fraction of sp³-hybridized carbons (Fsp3) is 0.231. The molecule has 2 aromatic heterocycles. The van der Waals surface area contributed by atoms with E-state index in [1.54, 1.807) is 25.3 Å². The Balaban J connectivity index is 2.51. The second-order valence-electron chi connectivity index (χ2n) is 4.27. The maximum atomic E-state index is 11.3. The van der Waals surface area contributed by atoms with Crippen LogP contribution in [0.3, 0.4) is 0 Å². The van der Waals surface area contributed by atoms with Crippen molar-refractivity contribution in [2.75, 3.05) is 13.7 Å². The number of methoxy groups -OCH3 is 1. The number of fused-ring (bicyclic) bond motifs is 3. The summed E-state index contributed by atoms with van der Waals surface area (Å²) in [4.78, 5) is 22.7. The summed E-state index contributed by atoms with van der Waals surface area (Å²) < 4.78 is 16.4. The second kappa shape index (κ2) is 4.53. The zero-order valence-electron chi connectivity index (χ0n) is 10.7. The Kier molecular flexibility index (Phi) is 2.83. The Morgan fingerprint density at radius 1 is 1.30 bits per heavy atom. The molecule has 7 heteroatoms. The zero-order valence-corrected chi connectivity index (χ0v) is 10.7. The van der Waals surface area contributed by atoms with E-state index in [9.17, 15) is 9.59 Å². The van der Waals surface area contributed by atoms with E-state index in [1.165, 1.54) is 4.57 Å². The Bertz CT molecular complexity index is 903. The standard InChI is InChI=1S/C13H12N2O5/c1-18-7-2-3-10-9(6-7)8(4-5-14)11-15(10)20-13(17)12(16)19-11/h2-3,6H,4-5,14H2,1H3. The predicted molar refractivity (Wildman–Crippen MR) is 71.3 cm³/mol. The summed E-state index contributed by atoms with van der Waals surface area (Å²) in [5.74, 6) is 0.649. The van der Waals surface area contributed by atoms with Gasteiger partial charge >= 0.3 is 11.3 Å². The van der Waals surface area contributed by atoms with Gasteiger partial charge in [0, 0.05) is 10.9 Å². The number of hydrogen-bond donors (Lipinski definition) is 1. The highest BCUT2D eigenvalue weighted by atomic mass is 16.5. The molecule has 0 amide bonds. The van der Waals surface area contributed by atoms with Crippen LogP contribution < -0.4 is 21.7 Å². The van der Waals surface area contributed by atoms with Crippen molar-refractivity contribution in [3.8, 4) is 5.75 Å². The number of benzene rings is 1. The summed E-state index contributed by atoms with van der Waals surface area (Å²) in [6.07, 6.45) is 0.483. The molecule has 3 aromatic rings. The van der Waals surface area contributed by atoms with Crippen molar-refractivity contribution < 1.29 is 13.7 Å². The van der Waals surface area contributed by atoms with Crippen LogP contribution in [-0.4, -0.2) is 18.2 Å². The first kappa shape index (κ1) is 12.5. The molecule has 0 saturated carbocycles. The van der Waals surface area contributed by atoms with Gasteiger partial charge in [0.15, 0.2) is 0 Å². The predicted octanol–water partition coefficient (Wildman–Crippen LogP) is 0.509. The monoisotopic (exact) mass is 276 g/mol. The Hall–Kier alpha value is -2.54. The van der Waals surface area contributed by atoms with E-state index < -0.39 is 11.3 Å². The minimum absolute atomic E-state index is 0.198. The first-order valence-electron chi connectivity index (χ1n) is 6.01. The van der Waals surface area contributed by atoms with Gasteiger partial charge in [-0.2, -0.15) is 0 Å². The number of nitrogens with two attached hydrogens (primary N) is 1. The van der Waals surface area contributed by atoms with Gasteiger partial charge in [0.25, 0.3) is 0 Å². The van der Waals surface area contributed by atoms with E-state index in [0.29, 0.717) is 29.8 Å². The smallest absolute Gasteiger partial charge is 0.442 e. The fourth-order valence-electron chi connectivity index (χ4n) is 2.24. The van der Waals surface area contributed by atoms with E-state index in [0.717, 1.165) is 5.39 Å². The molecule has 0 fully saturated rings. The molecule has 0 aliphatic carbocycles. The molecule has 0 atom stereocenters. The van der Waals surface area contributed by atoms with Crippen LogP contribution in [-0.2, 0) is 6.42 Å². The number of ether oxygens (including phenoxy) is 1. The fourth-order valence-corrected chi connectivity index (χ4v) is 2.24. The van der Waals surface area contributed by atoms with Gasteiger partial charge in [-0.3, -0.25) is 0 Å². The Morgan fingerprint density at radius 2 is 2.10 bits per heavy atom. The van der Waals surface area contributed by atoms with Crippen LogP contribution in [0.4, 0.5) is 0 Å². The van der Waals surface area contributed by atoms with E-state index in [-0.39, 0.29) is 5.71 Å². The maximum Gasteiger partial charge on any atom is 0.442 e. The summed E-state index contributed by atoms with van der Waals surface area (Å²) in [6, 6.07) is 5.24. The molecule has 104 valence electrons. The lowest BCUT2D eigenvalue weighted by molar-refractivity contribution is 0.286. The van der Waals surface area contributed by atoms with Gasteiger partial charge in [-0.25, -0.2) is 9.59 Å². The van der Waals surface area contributed by atoms with Crippen LogP contribution in [0.25, 0.3) is 16.6 Å². The van der Waals surface area contributed by atoms with Crippen molar-refractivity contribution >= 4 is 16.6 Å². The summed E-state index contributed by atoms with van der Waals surface area (Å²) in [7, 11) is 1.56. The summed E-state index contributed by atoms with van der Waals surface area (Å²) in [6.45, 7) is 0.370. The number of nitrogens with zero attached hydrogens (tertiary/aromatic N) is 1. The van der Waals surface area contributed by atoms with Gasteiger partial charge in [-0.1, -0.05) is 0 Å². The van der Waals surface area contributed by atoms with Gasteiger partial charge < -0.3 is 19.4 Å². The molecule has 0 radical (unpaired) electrons. The molecule has 7 nitrogen and oxygen atoms in total. The van der Waals surface area contributed by atoms with Crippen LogP contribution in [0.5, 0.6) is 5.75 Å². The summed E-state index contributed by atoms with van der Waals surface area (Å²) in [5.41, 5.74) is 5.02. The molecule has 0 saturated heterocycles. The van der Waals surface area contributed by atoms with Crippen molar-refractivity contribution in [3.63, 3.8) is 0 Å². The van der Waals surface area contributed by atoms with Gasteiger partial charge in [0.1, 0.15) is 5.75 Å². The molecule has 0 aliphatic rings. The summed E-state index contributed by atoms with van der Waals surface area (Å²) >= 11 is 0. The van der Waals surface area contributed by atoms with E-state index >= 15 is 0 Å².